The number of aryl methyl sites for hydroxylation is 1. The summed E-state index contributed by atoms with van der Waals surface area (Å²) in [5, 5.41) is 0.702. The van der Waals surface area contributed by atoms with Crippen LogP contribution in [0.5, 0.6) is 0 Å². The Labute approximate surface area is 104 Å². The topological polar surface area (TPSA) is 93.1 Å². The van der Waals surface area contributed by atoms with Crippen molar-refractivity contribution in [3.63, 3.8) is 0 Å². The first-order valence-electron chi connectivity index (χ1n) is 5.34. The minimum atomic E-state index is 0.126. The molecule has 0 aliphatic carbocycles. The highest BCUT2D eigenvalue weighted by Crippen LogP contribution is 2.17. The monoisotopic (exact) mass is 251 g/mol. The summed E-state index contributed by atoms with van der Waals surface area (Å²) in [5.74, 6) is 1.05. The quantitative estimate of drug-likeness (QED) is 0.436. The summed E-state index contributed by atoms with van der Waals surface area (Å²) in [6, 6.07) is 5.59. The number of aromatic amines is 1. The second kappa shape index (κ2) is 5.05. The number of imidazole rings is 1. The van der Waals surface area contributed by atoms with Crippen LogP contribution in [0.3, 0.4) is 0 Å². The first kappa shape index (κ1) is 11.7. The molecule has 2 rings (SSSR count). The van der Waals surface area contributed by atoms with E-state index in [-0.39, 0.29) is 5.96 Å². The van der Waals surface area contributed by atoms with Crippen molar-refractivity contribution in [2.75, 3.05) is 6.54 Å². The van der Waals surface area contributed by atoms with Crippen molar-refractivity contribution in [1.29, 1.82) is 0 Å². The fraction of sp³-hybridized carbons (Fsp3) is 0.273. The number of hydrogen-bond donors (Lipinski definition) is 3. The number of hydrogen-bond acceptors (Lipinski definition) is 2. The second-order valence-electron chi connectivity index (χ2n) is 3.76. The van der Waals surface area contributed by atoms with Gasteiger partial charge in [-0.05, 0) is 24.6 Å². The molecule has 0 amide bonds. The molecule has 17 heavy (non-hydrogen) atoms. The van der Waals surface area contributed by atoms with Crippen LogP contribution in [0.4, 0.5) is 0 Å². The molecule has 0 saturated carbocycles. The van der Waals surface area contributed by atoms with Crippen LogP contribution in [0.25, 0.3) is 11.0 Å². The van der Waals surface area contributed by atoms with Gasteiger partial charge in [-0.1, -0.05) is 11.6 Å². The fourth-order valence-corrected chi connectivity index (χ4v) is 1.78. The molecule has 1 aromatic carbocycles. The molecule has 0 atom stereocenters. The Bertz CT molecular complexity index is 542. The summed E-state index contributed by atoms with van der Waals surface area (Å²) in [7, 11) is 0. The first-order valence-corrected chi connectivity index (χ1v) is 5.72. The molecule has 5 N–H and O–H groups in total. The van der Waals surface area contributed by atoms with Gasteiger partial charge >= 0.3 is 0 Å². The molecule has 2 aromatic rings. The Kier molecular flexibility index (Phi) is 3.49. The van der Waals surface area contributed by atoms with E-state index >= 15 is 0 Å². The Hall–Kier alpha value is -1.75. The zero-order chi connectivity index (χ0) is 12.3. The number of fused-ring (bicyclic) bond motifs is 1. The predicted molar refractivity (Wildman–Crippen MR) is 70.1 cm³/mol. The molecule has 0 bridgehead atoms. The van der Waals surface area contributed by atoms with Crippen molar-refractivity contribution in [1.82, 2.24) is 9.97 Å². The maximum absolute atomic E-state index is 5.90. The van der Waals surface area contributed by atoms with Crippen molar-refractivity contribution >= 4 is 28.6 Å². The highest BCUT2D eigenvalue weighted by molar-refractivity contribution is 6.31. The average molecular weight is 252 g/mol. The maximum Gasteiger partial charge on any atom is 0.185 e. The van der Waals surface area contributed by atoms with Crippen LogP contribution in [0.1, 0.15) is 12.2 Å². The van der Waals surface area contributed by atoms with Gasteiger partial charge in [0.2, 0.25) is 0 Å². The first-order chi connectivity index (χ1) is 8.15. The molecular weight excluding hydrogens is 238 g/mol. The zero-order valence-electron chi connectivity index (χ0n) is 9.28. The van der Waals surface area contributed by atoms with Crippen molar-refractivity contribution in [3.05, 3.63) is 29.0 Å². The Morgan fingerprint density at radius 2 is 2.24 bits per heavy atom. The van der Waals surface area contributed by atoms with Crippen LogP contribution in [-0.2, 0) is 6.42 Å². The third kappa shape index (κ3) is 3.10. The molecule has 90 valence electrons. The number of halogens is 1. The number of nitrogens with one attached hydrogen (secondary N) is 1. The van der Waals surface area contributed by atoms with E-state index in [9.17, 15) is 0 Å². The summed E-state index contributed by atoms with van der Waals surface area (Å²) in [5.41, 5.74) is 12.4. The lowest BCUT2D eigenvalue weighted by Crippen LogP contribution is -2.23. The van der Waals surface area contributed by atoms with E-state index in [4.69, 9.17) is 23.1 Å². The molecule has 0 aliphatic rings. The van der Waals surface area contributed by atoms with E-state index in [1.807, 2.05) is 18.2 Å². The standard InChI is InChI=1S/C11H14ClN5/c12-7-3-4-8-9(6-7)17-10(16-8)2-1-5-15-11(13)14/h3-4,6H,1-2,5H2,(H,16,17)(H4,13,14,15). The summed E-state index contributed by atoms with van der Waals surface area (Å²) in [6.07, 6.45) is 1.66. The lowest BCUT2D eigenvalue weighted by Gasteiger charge is -1.94. The van der Waals surface area contributed by atoms with E-state index in [1.54, 1.807) is 0 Å². The molecule has 0 spiro atoms. The predicted octanol–water partition coefficient (Wildman–Crippen LogP) is 1.42. The molecule has 6 heteroatoms. The minimum Gasteiger partial charge on any atom is -0.370 e. The SMILES string of the molecule is NC(N)=NCCCc1nc2ccc(Cl)cc2[nH]1. The highest BCUT2D eigenvalue weighted by Gasteiger charge is 2.02. The Balaban J connectivity index is 2.02. The number of nitrogens with zero attached hydrogens (tertiary/aromatic N) is 2. The molecule has 0 radical (unpaired) electrons. The van der Waals surface area contributed by atoms with Gasteiger partial charge in [0, 0.05) is 18.0 Å². The number of aliphatic imine (C=N–C) groups is 1. The van der Waals surface area contributed by atoms with Crippen LogP contribution in [0.2, 0.25) is 5.02 Å². The second-order valence-corrected chi connectivity index (χ2v) is 4.19. The molecule has 5 nitrogen and oxygen atoms in total. The van der Waals surface area contributed by atoms with Crippen molar-refractivity contribution in [2.45, 2.75) is 12.8 Å². The number of benzene rings is 1. The van der Waals surface area contributed by atoms with Crippen LogP contribution in [0, 0.1) is 0 Å². The summed E-state index contributed by atoms with van der Waals surface area (Å²) in [6.45, 7) is 0.611. The minimum absolute atomic E-state index is 0.126. The van der Waals surface area contributed by atoms with E-state index in [2.05, 4.69) is 15.0 Å². The molecule has 1 aromatic heterocycles. The van der Waals surface area contributed by atoms with Gasteiger partial charge in [0.1, 0.15) is 5.82 Å². The average Bonchev–Trinajstić information content (AvgIpc) is 2.66. The van der Waals surface area contributed by atoms with E-state index in [0.29, 0.717) is 11.6 Å². The highest BCUT2D eigenvalue weighted by atomic mass is 35.5. The van der Waals surface area contributed by atoms with E-state index < -0.39 is 0 Å². The Morgan fingerprint density at radius 3 is 3.00 bits per heavy atom. The van der Waals surface area contributed by atoms with Gasteiger partial charge in [-0.15, -0.1) is 0 Å². The van der Waals surface area contributed by atoms with Gasteiger partial charge in [0.15, 0.2) is 5.96 Å². The third-order valence-corrected chi connectivity index (χ3v) is 2.59. The zero-order valence-corrected chi connectivity index (χ0v) is 10.0. The lowest BCUT2D eigenvalue weighted by molar-refractivity contribution is 0.796. The molecule has 0 fully saturated rings. The third-order valence-electron chi connectivity index (χ3n) is 2.36. The van der Waals surface area contributed by atoms with Crippen LogP contribution >= 0.6 is 11.6 Å². The van der Waals surface area contributed by atoms with Crippen molar-refractivity contribution in [2.24, 2.45) is 16.5 Å². The van der Waals surface area contributed by atoms with Crippen molar-refractivity contribution in [3.8, 4) is 0 Å². The normalized spacial score (nSPS) is 10.6. The van der Waals surface area contributed by atoms with Gasteiger partial charge in [0.25, 0.3) is 0 Å². The van der Waals surface area contributed by atoms with Gasteiger partial charge in [-0.25, -0.2) is 4.98 Å². The number of guanidine groups is 1. The fourth-order valence-electron chi connectivity index (χ4n) is 1.61. The molecule has 1 heterocycles. The van der Waals surface area contributed by atoms with Gasteiger partial charge in [0.05, 0.1) is 11.0 Å². The summed E-state index contributed by atoms with van der Waals surface area (Å²) < 4.78 is 0. The number of aromatic nitrogens is 2. The van der Waals surface area contributed by atoms with Gasteiger partial charge in [-0.2, -0.15) is 0 Å². The summed E-state index contributed by atoms with van der Waals surface area (Å²) in [4.78, 5) is 11.6. The number of nitrogens with two attached hydrogens (primary N) is 2. The van der Waals surface area contributed by atoms with Crippen LogP contribution in [-0.4, -0.2) is 22.5 Å². The van der Waals surface area contributed by atoms with Gasteiger partial charge in [-0.3, -0.25) is 4.99 Å². The largest absolute Gasteiger partial charge is 0.370 e. The van der Waals surface area contributed by atoms with E-state index in [0.717, 1.165) is 29.7 Å². The number of H-pyrrole nitrogens is 1. The molecule has 0 unspecified atom stereocenters. The molecular formula is C11H14ClN5. The van der Waals surface area contributed by atoms with Crippen LogP contribution in [0.15, 0.2) is 23.2 Å². The smallest absolute Gasteiger partial charge is 0.185 e. The van der Waals surface area contributed by atoms with Crippen LogP contribution < -0.4 is 11.5 Å². The summed E-state index contributed by atoms with van der Waals surface area (Å²) >= 11 is 5.90. The molecule has 0 saturated heterocycles. The molecule has 0 aliphatic heterocycles. The van der Waals surface area contributed by atoms with E-state index in [1.165, 1.54) is 0 Å². The maximum atomic E-state index is 5.90. The lowest BCUT2D eigenvalue weighted by atomic mass is 10.3. The van der Waals surface area contributed by atoms with Crippen molar-refractivity contribution < 1.29 is 0 Å². The Morgan fingerprint density at radius 1 is 1.41 bits per heavy atom. The number of rotatable bonds is 4. The van der Waals surface area contributed by atoms with Gasteiger partial charge < -0.3 is 16.5 Å².